The number of benzene rings is 2. The Bertz CT molecular complexity index is 1070. The van der Waals surface area contributed by atoms with E-state index in [0.29, 0.717) is 18.8 Å². The zero-order chi connectivity index (χ0) is 24.1. The van der Waals surface area contributed by atoms with Crippen molar-refractivity contribution in [1.82, 2.24) is 9.21 Å². The fraction of sp³-hybridized carbons (Fsp3) is 0.500. The summed E-state index contributed by atoms with van der Waals surface area (Å²) in [4.78, 5) is 14.7. The van der Waals surface area contributed by atoms with Gasteiger partial charge >= 0.3 is 0 Å². The highest BCUT2D eigenvalue weighted by Crippen LogP contribution is 2.29. The lowest BCUT2D eigenvalue weighted by Gasteiger charge is -2.37. The lowest BCUT2D eigenvalue weighted by atomic mass is 9.89. The standard InChI is InChI=1S/C26H33FN2O4S/c1-33-23-10-8-20(9-11-23)6-7-21-12-16-28(17-13-21)26(30)22-14-18-29(19-15-22)34(31,32)25-5-3-2-4-24(25)27/h2-5,8-11,21-22H,6-7,12-19H2,1H3. The maximum atomic E-state index is 14.0. The summed E-state index contributed by atoms with van der Waals surface area (Å²) in [6, 6.07) is 13.6. The third kappa shape index (κ3) is 5.61. The molecular weight excluding hydrogens is 455 g/mol. The number of carbonyl (C=O) groups excluding carboxylic acids is 1. The van der Waals surface area contributed by atoms with Gasteiger partial charge in [0.05, 0.1) is 7.11 Å². The lowest BCUT2D eigenvalue weighted by molar-refractivity contribution is -0.138. The number of nitrogens with zero attached hydrogens (tertiary/aromatic N) is 2. The van der Waals surface area contributed by atoms with Crippen molar-refractivity contribution >= 4 is 15.9 Å². The van der Waals surface area contributed by atoms with Gasteiger partial charge in [0.1, 0.15) is 16.5 Å². The van der Waals surface area contributed by atoms with E-state index in [1.165, 1.54) is 28.1 Å². The van der Waals surface area contributed by atoms with Crippen LogP contribution in [0.1, 0.15) is 37.7 Å². The van der Waals surface area contributed by atoms with Crippen LogP contribution < -0.4 is 4.74 Å². The van der Waals surface area contributed by atoms with E-state index in [1.807, 2.05) is 17.0 Å². The highest BCUT2D eigenvalue weighted by Gasteiger charge is 2.35. The van der Waals surface area contributed by atoms with E-state index in [2.05, 4.69) is 12.1 Å². The van der Waals surface area contributed by atoms with Crippen LogP contribution in [0, 0.1) is 17.7 Å². The topological polar surface area (TPSA) is 66.9 Å². The van der Waals surface area contributed by atoms with Crippen molar-refractivity contribution < 1.29 is 22.3 Å². The quantitative estimate of drug-likeness (QED) is 0.588. The monoisotopic (exact) mass is 488 g/mol. The van der Waals surface area contributed by atoms with Gasteiger partial charge < -0.3 is 9.64 Å². The van der Waals surface area contributed by atoms with Crippen LogP contribution >= 0.6 is 0 Å². The Labute approximate surface area is 201 Å². The average Bonchev–Trinajstić information content (AvgIpc) is 2.88. The second-order valence-electron chi connectivity index (χ2n) is 9.26. The van der Waals surface area contributed by atoms with Crippen molar-refractivity contribution in [1.29, 1.82) is 0 Å². The van der Waals surface area contributed by atoms with E-state index < -0.39 is 15.8 Å². The SMILES string of the molecule is COc1ccc(CCC2CCN(C(=O)C3CCN(S(=O)(=O)c4ccccc4F)CC3)CC2)cc1. The molecule has 2 fully saturated rings. The maximum absolute atomic E-state index is 14.0. The van der Waals surface area contributed by atoms with Gasteiger partial charge in [-0.3, -0.25) is 4.79 Å². The molecule has 34 heavy (non-hydrogen) atoms. The normalized spacial score (nSPS) is 18.7. The van der Waals surface area contributed by atoms with Gasteiger partial charge in [0.25, 0.3) is 0 Å². The Hall–Kier alpha value is -2.45. The highest BCUT2D eigenvalue weighted by atomic mass is 32.2. The summed E-state index contributed by atoms with van der Waals surface area (Å²) in [7, 11) is -2.21. The first-order valence-corrected chi connectivity index (χ1v) is 13.5. The molecule has 0 saturated carbocycles. The highest BCUT2D eigenvalue weighted by molar-refractivity contribution is 7.89. The first kappa shape index (κ1) is 24.7. The van der Waals surface area contributed by atoms with Gasteiger partial charge in [-0.15, -0.1) is 0 Å². The molecular formula is C26H33FN2O4S. The van der Waals surface area contributed by atoms with Crippen LogP contribution in [0.4, 0.5) is 4.39 Å². The Kier molecular flexibility index (Phi) is 7.88. The molecule has 2 aliphatic rings. The third-order valence-corrected chi connectivity index (χ3v) is 9.12. The van der Waals surface area contributed by atoms with E-state index in [-0.39, 0.29) is 29.8 Å². The Morgan fingerprint density at radius 3 is 2.24 bits per heavy atom. The summed E-state index contributed by atoms with van der Waals surface area (Å²) < 4.78 is 46.2. The molecule has 2 aromatic rings. The van der Waals surface area contributed by atoms with Gasteiger partial charge in [-0.25, -0.2) is 12.8 Å². The molecule has 2 aromatic carbocycles. The van der Waals surface area contributed by atoms with E-state index in [1.54, 1.807) is 7.11 Å². The van der Waals surface area contributed by atoms with Crippen molar-refractivity contribution in [3.05, 3.63) is 59.9 Å². The zero-order valence-corrected chi connectivity index (χ0v) is 20.5. The van der Waals surface area contributed by atoms with Gasteiger partial charge in [0.15, 0.2) is 0 Å². The summed E-state index contributed by atoms with van der Waals surface area (Å²) in [6.07, 6.45) is 5.09. The molecule has 0 aliphatic carbocycles. The summed E-state index contributed by atoms with van der Waals surface area (Å²) in [5.74, 6) is 0.708. The van der Waals surface area contributed by atoms with Crippen LogP contribution in [-0.4, -0.2) is 56.8 Å². The molecule has 0 spiro atoms. The van der Waals surface area contributed by atoms with Crippen molar-refractivity contribution in [2.75, 3.05) is 33.3 Å². The van der Waals surface area contributed by atoms with Crippen LogP contribution in [0.15, 0.2) is 53.4 Å². The predicted molar refractivity (Wildman–Crippen MR) is 129 cm³/mol. The van der Waals surface area contributed by atoms with E-state index >= 15 is 0 Å². The third-order valence-electron chi connectivity index (χ3n) is 7.18. The number of methoxy groups -OCH3 is 1. The molecule has 0 bridgehead atoms. The Balaban J connectivity index is 1.23. The first-order chi connectivity index (χ1) is 16.4. The molecule has 1 amide bonds. The predicted octanol–water partition coefficient (Wildman–Crippen LogP) is 4.11. The number of likely N-dealkylation sites (tertiary alicyclic amines) is 1. The maximum Gasteiger partial charge on any atom is 0.245 e. The number of ether oxygens (including phenoxy) is 1. The zero-order valence-electron chi connectivity index (χ0n) is 19.7. The van der Waals surface area contributed by atoms with Gasteiger partial charge in [-0.1, -0.05) is 24.3 Å². The average molecular weight is 489 g/mol. The minimum absolute atomic E-state index is 0.136. The Morgan fingerprint density at radius 1 is 0.971 bits per heavy atom. The van der Waals surface area contributed by atoms with E-state index in [0.717, 1.165) is 50.6 Å². The molecule has 2 aliphatic heterocycles. The van der Waals surface area contributed by atoms with Gasteiger partial charge in [-0.05, 0) is 74.3 Å². The summed E-state index contributed by atoms with van der Waals surface area (Å²) in [5, 5.41) is 0. The molecule has 184 valence electrons. The molecule has 0 unspecified atom stereocenters. The van der Waals surface area contributed by atoms with E-state index in [4.69, 9.17) is 4.74 Å². The molecule has 0 atom stereocenters. The van der Waals surface area contributed by atoms with Crippen molar-refractivity contribution in [2.24, 2.45) is 11.8 Å². The number of piperidine rings is 2. The molecule has 2 saturated heterocycles. The number of sulfonamides is 1. The lowest BCUT2D eigenvalue weighted by Crippen LogP contribution is -2.46. The molecule has 4 rings (SSSR count). The van der Waals surface area contributed by atoms with Crippen molar-refractivity contribution in [2.45, 2.75) is 43.4 Å². The van der Waals surface area contributed by atoms with Crippen LogP contribution in [-0.2, 0) is 21.2 Å². The number of amides is 1. The van der Waals surface area contributed by atoms with Crippen LogP contribution in [0.3, 0.4) is 0 Å². The van der Waals surface area contributed by atoms with Gasteiger partial charge in [0.2, 0.25) is 15.9 Å². The number of carbonyl (C=O) groups is 1. The summed E-state index contributed by atoms with van der Waals surface area (Å²) >= 11 is 0. The second-order valence-corrected chi connectivity index (χ2v) is 11.2. The first-order valence-electron chi connectivity index (χ1n) is 12.0. The number of rotatable bonds is 7. The number of hydrogen-bond acceptors (Lipinski definition) is 4. The second kappa shape index (κ2) is 10.9. The minimum Gasteiger partial charge on any atom is -0.497 e. The molecule has 0 radical (unpaired) electrons. The minimum atomic E-state index is -3.88. The van der Waals surface area contributed by atoms with Crippen LogP contribution in [0.2, 0.25) is 0 Å². The molecule has 0 aromatic heterocycles. The van der Waals surface area contributed by atoms with E-state index in [9.17, 15) is 17.6 Å². The van der Waals surface area contributed by atoms with Crippen molar-refractivity contribution in [3.8, 4) is 5.75 Å². The molecule has 0 N–H and O–H groups in total. The van der Waals surface area contributed by atoms with Gasteiger partial charge in [0, 0.05) is 32.1 Å². The van der Waals surface area contributed by atoms with Crippen LogP contribution in [0.25, 0.3) is 0 Å². The largest absolute Gasteiger partial charge is 0.497 e. The van der Waals surface area contributed by atoms with Gasteiger partial charge in [-0.2, -0.15) is 4.31 Å². The molecule has 8 heteroatoms. The number of hydrogen-bond donors (Lipinski definition) is 0. The fourth-order valence-corrected chi connectivity index (χ4v) is 6.53. The molecule has 2 heterocycles. The molecule has 6 nitrogen and oxygen atoms in total. The smallest absolute Gasteiger partial charge is 0.245 e. The van der Waals surface area contributed by atoms with Crippen LogP contribution in [0.5, 0.6) is 5.75 Å². The summed E-state index contributed by atoms with van der Waals surface area (Å²) in [5.41, 5.74) is 1.30. The number of halogens is 1. The summed E-state index contributed by atoms with van der Waals surface area (Å²) in [6.45, 7) is 2.01. The fourth-order valence-electron chi connectivity index (χ4n) is 5.00. The number of aryl methyl sites for hydroxylation is 1. The van der Waals surface area contributed by atoms with Crippen molar-refractivity contribution in [3.63, 3.8) is 0 Å². The Morgan fingerprint density at radius 2 is 1.62 bits per heavy atom.